The van der Waals surface area contributed by atoms with Gasteiger partial charge in [0.1, 0.15) is 30.4 Å². The number of rotatable bonds is 3. The van der Waals surface area contributed by atoms with Gasteiger partial charge in [-0.2, -0.15) is 5.10 Å². The lowest BCUT2D eigenvalue weighted by Crippen LogP contribution is -2.30. The Morgan fingerprint density at radius 3 is 3.22 bits per heavy atom. The van der Waals surface area contributed by atoms with E-state index in [1.165, 1.54) is 6.33 Å². The third kappa shape index (κ3) is 1.92. The van der Waals surface area contributed by atoms with Crippen molar-refractivity contribution in [1.29, 1.82) is 0 Å². The number of carbonyl (C=O) groups is 1. The van der Waals surface area contributed by atoms with Gasteiger partial charge < -0.3 is 10.1 Å². The van der Waals surface area contributed by atoms with Crippen molar-refractivity contribution in [2.75, 3.05) is 6.61 Å². The summed E-state index contributed by atoms with van der Waals surface area (Å²) < 4.78 is 5.47. The van der Waals surface area contributed by atoms with Gasteiger partial charge in [0.05, 0.1) is 6.54 Å². The number of nitrogens with zero attached hydrogens (tertiary/aromatic N) is 2. The van der Waals surface area contributed by atoms with Crippen molar-refractivity contribution in [3.8, 4) is 5.75 Å². The summed E-state index contributed by atoms with van der Waals surface area (Å²) in [4.78, 5) is 16.0. The summed E-state index contributed by atoms with van der Waals surface area (Å²) >= 11 is 0. The zero-order valence-electron chi connectivity index (χ0n) is 9.59. The van der Waals surface area contributed by atoms with Crippen LogP contribution in [0.3, 0.4) is 0 Å². The minimum absolute atomic E-state index is 0.0589. The lowest BCUT2D eigenvalue weighted by atomic mass is 10.0. The van der Waals surface area contributed by atoms with Crippen molar-refractivity contribution < 1.29 is 9.53 Å². The van der Waals surface area contributed by atoms with Crippen LogP contribution in [-0.4, -0.2) is 27.7 Å². The van der Waals surface area contributed by atoms with Gasteiger partial charge in [-0.05, 0) is 6.07 Å². The maximum atomic E-state index is 12.1. The molecular weight excluding hydrogens is 232 g/mol. The van der Waals surface area contributed by atoms with Gasteiger partial charge in [0.2, 0.25) is 5.91 Å². The molecule has 1 aromatic heterocycles. The Morgan fingerprint density at radius 1 is 1.50 bits per heavy atom. The predicted molar refractivity (Wildman–Crippen MR) is 62.9 cm³/mol. The van der Waals surface area contributed by atoms with E-state index in [4.69, 9.17) is 4.74 Å². The quantitative estimate of drug-likeness (QED) is 0.828. The molecule has 0 spiro atoms. The van der Waals surface area contributed by atoms with Crippen molar-refractivity contribution in [2.45, 2.75) is 12.5 Å². The van der Waals surface area contributed by atoms with E-state index in [0.717, 1.165) is 11.3 Å². The van der Waals surface area contributed by atoms with Gasteiger partial charge in [0.15, 0.2) is 0 Å². The lowest BCUT2D eigenvalue weighted by Gasteiger charge is -2.08. The summed E-state index contributed by atoms with van der Waals surface area (Å²) in [6.07, 6.45) is 1.41. The van der Waals surface area contributed by atoms with Crippen LogP contribution in [0.15, 0.2) is 30.6 Å². The van der Waals surface area contributed by atoms with Crippen LogP contribution >= 0.6 is 0 Å². The minimum atomic E-state index is -0.246. The standard InChI is InChI=1S/C12H12N4O2/c17-12(13-5-11-14-7-15-16-11)9-6-18-10-4-2-1-3-8(9)10/h1-4,7,9H,5-6H2,(H,13,17)(H,14,15,16). The number of aromatic amines is 1. The van der Waals surface area contributed by atoms with Crippen molar-refractivity contribution in [1.82, 2.24) is 20.5 Å². The van der Waals surface area contributed by atoms with Crippen LogP contribution in [0.1, 0.15) is 17.3 Å². The summed E-state index contributed by atoms with van der Waals surface area (Å²) in [5.41, 5.74) is 0.938. The summed E-state index contributed by atoms with van der Waals surface area (Å²) in [5, 5.41) is 9.23. The Morgan fingerprint density at radius 2 is 2.39 bits per heavy atom. The van der Waals surface area contributed by atoms with Crippen LogP contribution < -0.4 is 10.1 Å². The SMILES string of the molecule is O=C(NCc1ncn[nH]1)C1COc2ccccc21. The number of carbonyl (C=O) groups excluding carboxylic acids is 1. The third-order valence-electron chi connectivity index (χ3n) is 2.91. The van der Waals surface area contributed by atoms with Crippen molar-refractivity contribution in [3.05, 3.63) is 42.0 Å². The second-order valence-corrected chi connectivity index (χ2v) is 4.05. The Bertz CT molecular complexity index is 553. The smallest absolute Gasteiger partial charge is 0.231 e. The number of H-pyrrole nitrogens is 1. The second kappa shape index (κ2) is 4.48. The van der Waals surface area contributed by atoms with Crippen LogP contribution in [0.5, 0.6) is 5.75 Å². The molecule has 1 atom stereocenters. The largest absolute Gasteiger partial charge is 0.492 e. The van der Waals surface area contributed by atoms with E-state index in [9.17, 15) is 4.79 Å². The molecule has 3 rings (SSSR count). The normalized spacial score (nSPS) is 17.0. The van der Waals surface area contributed by atoms with Gasteiger partial charge in [-0.1, -0.05) is 18.2 Å². The number of ether oxygens (including phenoxy) is 1. The first-order chi connectivity index (χ1) is 8.84. The van der Waals surface area contributed by atoms with E-state index in [1.807, 2.05) is 24.3 Å². The summed E-state index contributed by atoms with van der Waals surface area (Å²) in [5.74, 6) is 1.12. The average molecular weight is 244 g/mol. The van der Waals surface area contributed by atoms with Gasteiger partial charge in [0.25, 0.3) is 0 Å². The fraction of sp³-hybridized carbons (Fsp3) is 0.250. The zero-order valence-corrected chi connectivity index (χ0v) is 9.59. The number of nitrogens with one attached hydrogen (secondary N) is 2. The van der Waals surface area contributed by atoms with E-state index in [0.29, 0.717) is 19.0 Å². The molecule has 0 saturated carbocycles. The topological polar surface area (TPSA) is 79.9 Å². The molecule has 1 aliphatic rings. The maximum Gasteiger partial charge on any atom is 0.231 e. The van der Waals surface area contributed by atoms with Crippen LogP contribution in [0.4, 0.5) is 0 Å². The maximum absolute atomic E-state index is 12.1. The van der Waals surface area contributed by atoms with Gasteiger partial charge in [-0.15, -0.1) is 0 Å². The Hall–Kier alpha value is -2.37. The fourth-order valence-electron chi connectivity index (χ4n) is 1.99. The fourth-order valence-corrected chi connectivity index (χ4v) is 1.99. The number of para-hydroxylation sites is 1. The molecule has 2 heterocycles. The van der Waals surface area contributed by atoms with E-state index in [2.05, 4.69) is 20.5 Å². The Labute approximate surface area is 103 Å². The van der Waals surface area contributed by atoms with Crippen LogP contribution in [0.2, 0.25) is 0 Å². The van der Waals surface area contributed by atoms with Crippen LogP contribution in [-0.2, 0) is 11.3 Å². The summed E-state index contributed by atoms with van der Waals surface area (Å²) in [6.45, 7) is 0.735. The predicted octanol–water partition coefficient (Wildman–Crippen LogP) is 0.597. The van der Waals surface area contributed by atoms with Gasteiger partial charge >= 0.3 is 0 Å². The highest BCUT2D eigenvalue weighted by atomic mass is 16.5. The van der Waals surface area contributed by atoms with Crippen LogP contribution in [0, 0.1) is 0 Å². The molecule has 2 aromatic rings. The monoisotopic (exact) mass is 244 g/mol. The first kappa shape index (κ1) is 10.8. The highest BCUT2D eigenvalue weighted by Gasteiger charge is 2.29. The van der Waals surface area contributed by atoms with Crippen molar-refractivity contribution in [2.24, 2.45) is 0 Å². The molecule has 0 saturated heterocycles. The molecular formula is C12H12N4O2. The molecule has 0 aliphatic carbocycles. The molecule has 1 aliphatic heterocycles. The molecule has 1 unspecified atom stereocenters. The summed E-state index contributed by atoms with van der Waals surface area (Å²) in [6, 6.07) is 7.60. The Kier molecular flexibility index (Phi) is 2.68. The molecule has 1 amide bonds. The summed E-state index contributed by atoms with van der Waals surface area (Å²) in [7, 11) is 0. The van der Waals surface area contributed by atoms with E-state index >= 15 is 0 Å². The number of hydrogen-bond donors (Lipinski definition) is 2. The molecule has 6 heteroatoms. The van der Waals surface area contributed by atoms with E-state index in [-0.39, 0.29) is 11.8 Å². The molecule has 6 nitrogen and oxygen atoms in total. The van der Waals surface area contributed by atoms with E-state index in [1.54, 1.807) is 0 Å². The molecule has 1 aromatic carbocycles. The van der Waals surface area contributed by atoms with Crippen molar-refractivity contribution in [3.63, 3.8) is 0 Å². The molecule has 92 valence electrons. The second-order valence-electron chi connectivity index (χ2n) is 4.05. The number of fused-ring (bicyclic) bond motifs is 1. The molecule has 0 bridgehead atoms. The number of amides is 1. The van der Waals surface area contributed by atoms with Crippen LogP contribution in [0.25, 0.3) is 0 Å². The number of benzene rings is 1. The average Bonchev–Trinajstić information content (AvgIpc) is 3.05. The zero-order chi connectivity index (χ0) is 12.4. The lowest BCUT2D eigenvalue weighted by molar-refractivity contribution is -0.122. The molecule has 0 radical (unpaired) electrons. The Balaban J connectivity index is 1.67. The van der Waals surface area contributed by atoms with Gasteiger partial charge in [0, 0.05) is 5.56 Å². The van der Waals surface area contributed by atoms with Gasteiger partial charge in [-0.3, -0.25) is 9.89 Å². The first-order valence-electron chi connectivity index (χ1n) is 5.68. The minimum Gasteiger partial charge on any atom is -0.492 e. The molecule has 18 heavy (non-hydrogen) atoms. The molecule has 2 N–H and O–H groups in total. The van der Waals surface area contributed by atoms with E-state index < -0.39 is 0 Å². The number of hydrogen-bond acceptors (Lipinski definition) is 4. The van der Waals surface area contributed by atoms with Gasteiger partial charge in [-0.25, -0.2) is 4.98 Å². The number of aromatic nitrogens is 3. The highest BCUT2D eigenvalue weighted by molar-refractivity contribution is 5.85. The highest BCUT2D eigenvalue weighted by Crippen LogP contribution is 2.33. The van der Waals surface area contributed by atoms with Crippen molar-refractivity contribution >= 4 is 5.91 Å². The third-order valence-corrected chi connectivity index (χ3v) is 2.91. The first-order valence-corrected chi connectivity index (χ1v) is 5.68. The molecule has 0 fully saturated rings.